The third kappa shape index (κ3) is 4.41. The van der Waals surface area contributed by atoms with Crippen LogP contribution in [-0.2, 0) is 32.0 Å². The number of carbonyl (C=O) groups excluding carboxylic acids is 6. The summed E-state index contributed by atoms with van der Waals surface area (Å²) in [5.41, 5.74) is 1.55. The number of nitrogens with one attached hydrogen (secondary N) is 1. The highest BCUT2D eigenvalue weighted by Gasteiger charge is 2.63. The maximum Gasteiger partial charge on any atom is 0.332 e. The van der Waals surface area contributed by atoms with Crippen molar-refractivity contribution in [1.82, 2.24) is 20.0 Å². The summed E-state index contributed by atoms with van der Waals surface area (Å²) in [6, 6.07) is 12.9. The van der Waals surface area contributed by atoms with Crippen LogP contribution < -0.4 is 10.2 Å². The van der Waals surface area contributed by atoms with Crippen molar-refractivity contribution in [3.63, 3.8) is 0 Å². The van der Waals surface area contributed by atoms with Crippen molar-refractivity contribution >= 4 is 47.5 Å². The van der Waals surface area contributed by atoms with E-state index in [9.17, 15) is 28.8 Å². The molecule has 3 fully saturated rings. The van der Waals surface area contributed by atoms with E-state index in [1.807, 2.05) is 36.4 Å². The van der Waals surface area contributed by atoms with Crippen LogP contribution in [0.2, 0.25) is 0 Å². The molecular formula is C32H33N5O6. The number of hydrogen-bond acceptors (Lipinski definition) is 7. The summed E-state index contributed by atoms with van der Waals surface area (Å²) in [5.74, 6) is -2.50. The summed E-state index contributed by atoms with van der Waals surface area (Å²) in [6.45, 7) is 2.43. The summed E-state index contributed by atoms with van der Waals surface area (Å²) >= 11 is 0. The molecule has 4 heterocycles. The lowest BCUT2D eigenvalue weighted by Crippen LogP contribution is -2.70. The fourth-order valence-corrected chi connectivity index (χ4v) is 7.02. The number of rotatable bonds is 5. The third-order valence-electron chi connectivity index (χ3n) is 9.23. The largest absolute Gasteiger partial charge is 0.367 e. The highest BCUT2D eigenvalue weighted by atomic mass is 16.2. The van der Waals surface area contributed by atoms with Gasteiger partial charge in [0.2, 0.25) is 11.8 Å². The second kappa shape index (κ2) is 10.5. The SMILES string of the molecule is C[C@@H](CCc1ccccc1)N1C(=O)NC(=O)/C(=C\c2ccc3c(c2)CC2(C(=O)N(C)C(=O)N(C)C2=O)[C@@H]2CCCN32)C1=O. The van der Waals surface area contributed by atoms with Crippen LogP contribution in [0.1, 0.15) is 42.9 Å². The Kier molecular flexibility index (Phi) is 6.90. The van der Waals surface area contributed by atoms with Crippen LogP contribution in [0.5, 0.6) is 0 Å². The Morgan fingerprint density at radius 1 is 0.977 bits per heavy atom. The van der Waals surface area contributed by atoms with Crippen LogP contribution in [0, 0.1) is 5.41 Å². The minimum absolute atomic E-state index is 0.0847. The topological polar surface area (TPSA) is 127 Å². The maximum absolute atomic E-state index is 13.7. The average molecular weight is 584 g/mol. The van der Waals surface area contributed by atoms with Crippen molar-refractivity contribution in [2.75, 3.05) is 25.5 Å². The fourth-order valence-electron chi connectivity index (χ4n) is 7.02. The van der Waals surface area contributed by atoms with E-state index < -0.39 is 47.1 Å². The molecule has 3 saturated heterocycles. The van der Waals surface area contributed by atoms with Gasteiger partial charge in [0.25, 0.3) is 11.8 Å². The molecule has 11 nitrogen and oxygen atoms in total. The first kappa shape index (κ1) is 28.3. The number of nitrogens with zero attached hydrogens (tertiary/aromatic N) is 4. The second-order valence-electron chi connectivity index (χ2n) is 11.8. The molecule has 2 atom stereocenters. The molecule has 4 aliphatic heterocycles. The van der Waals surface area contributed by atoms with Gasteiger partial charge in [-0.05, 0) is 73.9 Å². The van der Waals surface area contributed by atoms with Gasteiger partial charge in [0.15, 0.2) is 5.41 Å². The van der Waals surface area contributed by atoms with Crippen molar-refractivity contribution in [3.8, 4) is 0 Å². The molecule has 2 aromatic carbocycles. The molecule has 0 saturated carbocycles. The molecule has 0 aliphatic carbocycles. The number of carbonyl (C=O) groups is 6. The Hall–Kier alpha value is -4.80. The van der Waals surface area contributed by atoms with Crippen LogP contribution in [0.15, 0.2) is 54.1 Å². The van der Waals surface area contributed by atoms with E-state index in [4.69, 9.17) is 0 Å². The van der Waals surface area contributed by atoms with Gasteiger partial charge in [-0.3, -0.25) is 39.2 Å². The van der Waals surface area contributed by atoms with Crippen molar-refractivity contribution in [3.05, 3.63) is 70.8 Å². The van der Waals surface area contributed by atoms with Gasteiger partial charge in [0, 0.05) is 32.4 Å². The lowest BCUT2D eigenvalue weighted by Gasteiger charge is -2.50. The number of hydrogen-bond donors (Lipinski definition) is 1. The van der Waals surface area contributed by atoms with E-state index in [0.29, 0.717) is 36.9 Å². The number of barbiturate groups is 2. The monoisotopic (exact) mass is 583 g/mol. The molecule has 8 amide bonds. The first-order valence-corrected chi connectivity index (χ1v) is 14.5. The van der Waals surface area contributed by atoms with Gasteiger partial charge in [-0.2, -0.15) is 0 Å². The number of fused-ring (bicyclic) bond motifs is 4. The molecule has 2 aromatic rings. The maximum atomic E-state index is 13.7. The summed E-state index contributed by atoms with van der Waals surface area (Å²) in [7, 11) is 2.79. The highest BCUT2D eigenvalue weighted by Crippen LogP contribution is 2.49. The molecule has 6 rings (SSSR count). The number of anilines is 1. The number of amides is 8. The predicted molar refractivity (Wildman–Crippen MR) is 156 cm³/mol. The van der Waals surface area contributed by atoms with Gasteiger partial charge in [-0.15, -0.1) is 0 Å². The molecule has 4 aliphatic rings. The number of benzene rings is 2. The minimum Gasteiger partial charge on any atom is -0.367 e. The molecule has 1 spiro atoms. The summed E-state index contributed by atoms with van der Waals surface area (Å²) in [5, 5.41) is 2.29. The van der Waals surface area contributed by atoms with Gasteiger partial charge in [-0.1, -0.05) is 36.4 Å². The second-order valence-corrected chi connectivity index (χ2v) is 11.8. The van der Waals surface area contributed by atoms with Gasteiger partial charge >= 0.3 is 12.1 Å². The zero-order chi connectivity index (χ0) is 30.6. The van der Waals surface area contributed by atoms with Gasteiger partial charge in [-0.25, -0.2) is 9.59 Å². The molecule has 0 unspecified atom stereocenters. The predicted octanol–water partition coefficient (Wildman–Crippen LogP) is 2.73. The van der Waals surface area contributed by atoms with E-state index in [1.165, 1.54) is 20.2 Å². The fraction of sp³-hybridized carbons (Fsp3) is 0.375. The van der Waals surface area contributed by atoms with E-state index in [0.717, 1.165) is 32.4 Å². The molecule has 11 heteroatoms. The van der Waals surface area contributed by atoms with Gasteiger partial charge in [0.1, 0.15) is 5.57 Å². The molecule has 0 aromatic heterocycles. The minimum atomic E-state index is -1.46. The summed E-state index contributed by atoms with van der Waals surface area (Å²) < 4.78 is 0. The van der Waals surface area contributed by atoms with E-state index in [2.05, 4.69) is 10.2 Å². The normalized spacial score (nSPS) is 23.2. The standard InChI is InChI=1S/C32H33N5O6/c1-19(11-12-20-8-5-4-6-9-20)37-27(39)23(26(38)33-30(37)42)17-21-13-14-24-22(16-21)18-32(25-10-7-15-36(24)25)28(40)34(2)31(43)35(3)29(32)41/h4-6,8-9,13-14,16-17,19,25H,7,10-12,15,18H2,1-3H3,(H,33,38,42)/b23-17+/t19-,25-/m0/s1. The van der Waals surface area contributed by atoms with Crippen LogP contribution in [0.3, 0.4) is 0 Å². The smallest absolute Gasteiger partial charge is 0.332 e. The lowest BCUT2D eigenvalue weighted by atomic mass is 9.68. The Labute approximate surface area is 249 Å². The van der Waals surface area contributed by atoms with E-state index in [1.54, 1.807) is 19.1 Å². The van der Waals surface area contributed by atoms with Crippen molar-refractivity contribution in [2.45, 2.75) is 51.1 Å². The Morgan fingerprint density at radius 2 is 1.67 bits per heavy atom. The molecule has 0 radical (unpaired) electrons. The number of urea groups is 2. The quantitative estimate of drug-likeness (QED) is 0.326. The Bertz CT molecular complexity index is 1580. The molecule has 1 N–H and O–H groups in total. The number of imide groups is 4. The molecule has 0 bridgehead atoms. The average Bonchev–Trinajstić information content (AvgIpc) is 3.50. The Morgan fingerprint density at radius 3 is 2.37 bits per heavy atom. The van der Waals surface area contributed by atoms with Crippen molar-refractivity contribution < 1.29 is 28.8 Å². The number of aryl methyl sites for hydroxylation is 1. The molecule has 43 heavy (non-hydrogen) atoms. The van der Waals surface area contributed by atoms with Crippen LogP contribution in [0.25, 0.3) is 6.08 Å². The molecular weight excluding hydrogens is 550 g/mol. The van der Waals surface area contributed by atoms with E-state index in [-0.39, 0.29) is 18.0 Å². The van der Waals surface area contributed by atoms with Crippen LogP contribution >= 0.6 is 0 Å². The lowest BCUT2D eigenvalue weighted by molar-refractivity contribution is -0.159. The van der Waals surface area contributed by atoms with Gasteiger partial charge < -0.3 is 4.90 Å². The Balaban J connectivity index is 1.31. The summed E-state index contributed by atoms with van der Waals surface area (Å²) in [4.78, 5) is 84.1. The third-order valence-corrected chi connectivity index (χ3v) is 9.23. The zero-order valence-electron chi connectivity index (χ0n) is 24.3. The molecule has 222 valence electrons. The van der Waals surface area contributed by atoms with Gasteiger partial charge in [0.05, 0.1) is 6.04 Å². The first-order chi connectivity index (χ1) is 20.5. The summed E-state index contributed by atoms with van der Waals surface area (Å²) in [6.07, 6.45) is 4.14. The zero-order valence-corrected chi connectivity index (χ0v) is 24.3. The van der Waals surface area contributed by atoms with Crippen LogP contribution in [0.4, 0.5) is 15.3 Å². The van der Waals surface area contributed by atoms with Crippen molar-refractivity contribution in [2.24, 2.45) is 5.41 Å². The van der Waals surface area contributed by atoms with E-state index >= 15 is 0 Å². The highest BCUT2D eigenvalue weighted by molar-refractivity contribution is 6.31. The van der Waals surface area contributed by atoms with Crippen LogP contribution in [-0.4, -0.2) is 83.1 Å². The van der Waals surface area contributed by atoms with Crippen molar-refractivity contribution in [1.29, 1.82) is 0 Å². The first-order valence-electron chi connectivity index (χ1n) is 14.5.